The van der Waals surface area contributed by atoms with E-state index in [9.17, 15) is 4.79 Å². The van der Waals surface area contributed by atoms with Crippen molar-refractivity contribution in [3.05, 3.63) is 20.3 Å². The normalized spacial score (nSPS) is 12.5. The molecule has 3 nitrogen and oxygen atoms in total. The molecule has 0 radical (unpaired) electrons. The second-order valence-electron chi connectivity index (χ2n) is 3.73. The predicted molar refractivity (Wildman–Crippen MR) is 72.2 cm³/mol. The van der Waals surface area contributed by atoms with Crippen LogP contribution < -0.4 is 5.32 Å². The summed E-state index contributed by atoms with van der Waals surface area (Å²) in [6.07, 6.45) is 1.61. The number of carbonyl (C=O) groups is 1. The largest absolute Gasteiger partial charge is 0.396 e. The minimum absolute atomic E-state index is 0.138. The van der Waals surface area contributed by atoms with E-state index >= 15 is 0 Å². The number of aliphatic hydroxyl groups excluding tert-OH is 1. The summed E-state index contributed by atoms with van der Waals surface area (Å²) in [6, 6.07) is 1.57. The van der Waals surface area contributed by atoms with Gasteiger partial charge < -0.3 is 10.4 Å². The fraction of sp³-hybridized carbons (Fsp3) is 0.545. The van der Waals surface area contributed by atoms with E-state index in [4.69, 9.17) is 28.3 Å². The van der Waals surface area contributed by atoms with Crippen LogP contribution in [0.2, 0.25) is 8.67 Å². The van der Waals surface area contributed by atoms with Crippen LogP contribution >= 0.6 is 34.5 Å². The molecule has 1 atom stereocenters. The molecule has 0 saturated carbocycles. The number of hydrogen-bond donors (Lipinski definition) is 2. The maximum atomic E-state index is 11.8. The van der Waals surface area contributed by atoms with Gasteiger partial charge in [0.15, 0.2) is 0 Å². The van der Waals surface area contributed by atoms with Gasteiger partial charge in [-0.25, -0.2) is 0 Å². The van der Waals surface area contributed by atoms with Crippen molar-refractivity contribution in [2.45, 2.75) is 19.8 Å². The van der Waals surface area contributed by atoms with Crippen molar-refractivity contribution < 1.29 is 9.90 Å². The van der Waals surface area contributed by atoms with Crippen molar-refractivity contribution in [2.24, 2.45) is 5.92 Å². The van der Waals surface area contributed by atoms with E-state index in [2.05, 4.69) is 5.32 Å². The smallest absolute Gasteiger partial charge is 0.253 e. The van der Waals surface area contributed by atoms with Crippen molar-refractivity contribution in [1.29, 1.82) is 0 Å². The van der Waals surface area contributed by atoms with Gasteiger partial charge in [0.1, 0.15) is 4.34 Å². The highest BCUT2D eigenvalue weighted by molar-refractivity contribution is 7.20. The third kappa shape index (κ3) is 4.47. The molecule has 0 bridgehead atoms. The first-order valence-corrected chi connectivity index (χ1v) is 6.99. The van der Waals surface area contributed by atoms with E-state index in [-0.39, 0.29) is 18.4 Å². The van der Waals surface area contributed by atoms with Crippen molar-refractivity contribution in [3.63, 3.8) is 0 Å². The minimum Gasteiger partial charge on any atom is -0.396 e. The zero-order valence-corrected chi connectivity index (χ0v) is 11.8. The van der Waals surface area contributed by atoms with Gasteiger partial charge in [0, 0.05) is 13.2 Å². The molecule has 0 aromatic carbocycles. The molecule has 1 amide bonds. The SMILES string of the molecule is CCC(CCO)CNC(=O)c1cc(Cl)sc1Cl. The van der Waals surface area contributed by atoms with Gasteiger partial charge in [-0.15, -0.1) is 11.3 Å². The number of rotatable bonds is 6. The Balaban J connectivity index is 2.52. The van der Waals surface area contributed by atoms with Crippen LogP contribution in [-0.4, -0.2) is 24.2 Å². The quantitative estimate of drug-likeness (QED) is 0.847. The molecule has 17 heavy (non-hydrogen) atoms. The zero-order chi connectivity index (χ0) is 12.8. The Morgan fingerprint density at radius 3 is 2.76 bits per heavy atom. The van der Waals surface area contributed by atoms with Crippen molar-refractivity contribution in [1.82, 2.24) is 5.32 Å². The molecule has 0 aliphatic heterocycles. The molecule has 96 valence electrons. The maximum absolute atomic E-state index is 11.8. The Morgan fingerprint density at radius 2 is 2.29 bits per heavy atom. The molecule has 6 heteroatoms. The number of thiophene rings is 1. The van der Waals surface area contributed by atoms with Gasteiger partial charge in [-0.05, 0) is 18.4 Å². The van der Waals surface area contributed by atoms with E-state index in [1.807, 2.05) is 6.92 Å². The van der Waals surface area contributed by atoms with Crippen LogP contribution in [0, 0.1) is 5.92 Å². The Bertz CT molecular complexity index is 382. The Hall–Kier alpha value is -0.290. The predicted octanol–water partition coefficient (Wildman–Crippen LogP) is 3.19. The molecule has 1 aromatic rings. The van der Waals surface area contributed by atoms with Crippen LogP contribution in [0.1, 0.15) is 30.1 Å². The summed E-state index contributed by atoms with van der Waals surface area (Å²) in [5.41, 5.74) is 0.417. The summed E-state index contributed by atoms with van der Waals surface area (Å²) in [5, 5.41) is 11.7. The third-order valence-electron chi connectivity index (χ3n) is 2.57. The number of halogens is 2. The lowest BCUT2D eigenvalue weighted by Crippen LogP contribution is -2.29. The molecule has 0 fully saturated rings. The van der Waals surface area contributed by atoms with Gasteiger partial charge in [0.05, 0.1) is 9.90 Å². The molecule has 2 N–H and O–H groups in total. The van der Waals surface area contributed by atoms with E-state index < -0.39 is 0 Å². The molecule has 0 aliphatic rings. The molecule has 0 aliphatic carbocycles. The first kappa shape index (κ1) is 14.8. The first-order valence-electron chi connectivity index (χ1n) is 5.42. The number of amides is 1. The molecule has 0 saturated heterocycles. The summed E-state index contributed by atoms with van der Waals surface area (Å²) < 4.78 is 0.908. The maximum Gasteiger partial charge on any atom is 0.253 e. The molecular formula is C11H15Cl2NO2S. The fourth-order valence-electron chi connectivity index (χ4n) is 1.46. The summed E-state index contributed by atoms with van der Waals surface area (Å²) >= 11 is 12.8. The average Bonchev–Trinajstić information content (AvgIpc) is 2.63. The number of aliphatic hydroxyl groups is 1. The van der Waals surface area contributed by atoms with Gasteiger partial charge in [-0.1, -0.05) is 36.5 Å². The van der Waals surface area contributed by atoms with Crippen LogP contribution in [0.5, 0.6) is 0 Å². The van der Waals surface area contributed by atoms with E-state index in [1.54, 1.807) is 6.07 Å². The minimum atomic E-state index is -0.213. The molecule has 1 aromatic heterocycles. The highest BCUT2D eigenvalue weighted by Crippen LogP contribution is 2.30. The lowest BCUT2D eigenvalue weighted by Gasteiger charge is -2.13. The Morgan fingerprint density at radius 1 is 1.59 bits per heavy atom. The molecule has 1 rings (SSSR count). The lowest BCUT2D eigenvalue weighted by molar-refractivity contribution is 0.0944. The van der Waals surface area contributed by atoms with Gasteiger partial charge in [0.25, 0.3) is 5.91 Å². The molecular weight excluding hydrogens is 281 g/mol. The van der Waals surface area contributed by atoms with Crippen molar-refractivity contribution >= 4 is 40.4 Å². The highest BCUT2D eigenvalue weighted by atomic mass is 35.5. The monoisotopic (exact) mass is 295 g/mol. The standard InChI is InChI=1S/C11H15Cl2NO2S/c1-2-7(3-4-15)6-14-11(16)8-5-9(12)17-10(8)13/h5,7,15H,2-4,6H2,1H3,(H,14,16). The van der Waals surface area contributed by atoms with Crippen LogP contribution in [0.3, 0.4) is 0 Å². The number of nitrogens with one attached hydrogen (secondary N) is 1. The number of carbonyl (C=O) groups excluding carboxylic acids is 1. The summed E-state index contributed by atoms with van der Waals surface area (Å²) in [4.78, 5) is 11.8. The van der Waals surface area contributed by atoms with Crippen LogP contribution in [0.25, 0.3) is 0 Å². The first-order chi connectivity index (χ1) is 8.08. The zero-order valence-electron chi connectivity index (χ0n) is 9.50. The van der Waals surface area contributed by atoms with Gasteiger partial charge in [0.2, 0.25) is 0 Å². The summed E-state index contributed by atoms with van der Waals surface area (Å²) in [7, 11) is 0. The van der Waals surface area contributed by atoms with Crippen molar-refractivity contribution in [2.75, 3.05) is 13.2 Å². The van der Waals surface area contributed by atoms with Gasteiger partial charge in [-0.2, -0.15) is 0 Å². The Labute approximate surface area is 115 Å². The molecule has 1 unspecified atom stereocenters. The average molecular weight is 296 g/mol. The number of hydrogen-bond acceptors (Lipinski definition) is 3. The van der Waals surface area contributed by atoms with Crippen LogP contribution in [-0.2, 0) is 0 Å². The third-order valence-corrected chi connectivity index (χ3v) is 4.05. The van der Waals surface area contributed by atoms with Crippen molar-refractivity contribution in [3.8, 4) is 0 Å². The second-order valence-corrected chi connectivity index (χ2v) is 6.02. The van der Waals surface area contributed by atoms with E-state index in [0.717, 1.165) is 6.42 Å². The second kappa shape index (κ2) is 7.21. The molecule has 1 heterocycles. The van der Waals surface area contributed by atoms with E-state index in [0.29, 0.717) is 27.2 Å². The van der Waals surface area contributed by atoms with E-state index in [1.165, 1.54) is 11.3 Å². The van der Waals surface area contributed by atoms with Gasteiger partial charge >= 0.3 is 0 Å². The lowest BCUT2D eigenvalue weighted by atomic mass is 10.0. The topological polar surface area (TPSA) is 49.3 Å². The highest BCUT2D eigenvalue weighted by Gasteiger charge is 2.15. The fourth-order valence-corrected chi connectivity index (χ4v) is 2.92. The van der Waals surface area contributed by atoms with Gasteiger partial charge in [-0.3, -0.25) is 4.79 Å². The van der Waals surface area contributed by atoms with Crippen LogP contribution in [0.4, 0.5) is 0 Å². The Kier molecular flexibility index (Phi) is 6.27. The molecule has 0 spiro atoms. The summed E-state index contributed by atoms with van der Waals surface area (Å²) in [5.74, 6) is 0.0753. The van der Waals surface area contributed by atoms with Crippen LogP contribution in [0.15, 0.2) is 6.07 Å². The summed E-state index contributed by atoms with van der Waals surface area (Å²) in [6.45, 7) is 2.71.